The van der Waals surface area contributed by atoms with Gasteiger partial charge in [-0.05, 0) is 32.1 Å². The smallest absolute Gasteiger partial charge is 0.305 e. The van der Waals surface area contributed by atoms with Crippen molar-refractivity contribution in [1.82, 2.24) is 0 Å². The van der Waals surface area contributed by atoms with E-state index in [2.05, 4.69) is 13.8 Å². The highest BCUT2D eigenvalue weighted by molar-refractivity contribution is 5.69. The molecule has 0 amide bonds. The maximum Gasteiger partial charge on any atom is 0.305 e. The summed E-state index contributed by atoms with van der Waals surface area (Å²) < 4.78 is 15.8. The second kappa shape index (κ2) is 24.6. The van der Waals surface area contributed by atoms with Gasteiger partial charge in [0.05, 0.1) is 18.3 Å². The third kappa shape index (κ3) is 19.4. The zero-order valence-corrected chi connectivity index (χ0v) is 26.0. The first kappa shape index (κ1) is 38.2. The monoisotopic (exact) mass is 598 g/mol. The number of ether oxygens (including phenoxy) is 3. The molecule has 1 aliphatic heterocycles. The van der Waals surface area contributed by atoms with E-state index in [9.17, 15) is 30.0 Å². The molecule has 0 aromatic carbocycles. The van der Waals surface area contributed by atoms with Gasteiger partial charge in [0.1, 0.15) is 19.3 Å². The number of esters is 2. The molecule has 0 saturated carbocycles. The van der Waals surface area contributed by atoms with Crippen molar-refractivity contribution >= 4 is 11.9 Å². The van der Waals surface area contributed by atoms with Crippen molar-refractivity contribution in [3.05, 3.63) is 24.3 Å². The van der Waals surface area contributed by atoms with Crippen molar-refractivity contribution in [2.24, 2.45) is 5.92 Å². The minimum atomic E-state index is -1.05. The van der Waals surface area contributed by atoms with E-state index in [1.807, 2.05) is 12.2 Å². The molecule has 0 aromatic heterocycles. The lowest BCUT2D eigenvalue weighted by molar-refractivity contribution is -0.199. The van der Waals surface area contributed by atoms with Crippen molar-refractivity contribution in [3.63, 3.8) is 0 Å². The molecular formula is C33H58O9. The van der Waals surface area contributed by atoms with E-state index in [-0.39, 0.29) is 37.9 Å². The highest BCUT2D eigenvalue weighted by atomic mass is 16.6. The minimum Gasteiger partial charge on any atom is -0.463 e. The van der Waals surface area contributed by atoms with E-state index in [0.29, 0.717) is 32.1 Å². The number of unbranched alkanes of at least 4 members (excludes halogenated alkanes) is 9. The van der Waals surface area contributed by atoms with Gasteiger partial charge in [-0.15, -0.1) is 0 Å². The summed E-state index contributed by atoms with van der Waals surface area (Å²) >= 11 is 0. The largest absolute Gasteiger partial charge is 0.463 e. The third-order valence-corrected chi connectivity index (χ3v) is 7.48. The van der Waals surface area contributed by atoms with Crippen LogP contribution in [0.1, 0.15) is 123 Å². The summed E-state index contributed by atoms with van der Waals surface area (Å²) in [6, 6.07) is 0. The predicted molar refractivity (Wildman–Crippen MR) is 162 cm³/mol. The molecule has 4 N–H and O–H groups in total. The standard InChI is InChI=1S/C33H58O9/c1-3-5-7-8-9-10-15-19-31(37)40-24-27(35)25-41-32(38)20-16-12-11-14-18-28-29(36)23-33(39)42-30(28)22-21-26(34)17-13-6-4-2/h11,14,21-22,26-30,33-36,39H,3-10,12-13,15-20,23-25H2,1-2H3/b14-11-,22-21+/t26-,27+,28-,29-,30+,33?/m0/s1. The van der Waals surface area contributed by atoms with Crippen LogP contribution >= 0.6 is 0 Å². The predicted octanol–water partition coefficient (Wildman–Crippen LogP) is 5.27. The number of aliphatic hydroxyl groups is 4. The van der Waals surface area contributed by atoms with Gasteiger partial charge in [0.25, 0.3) is 0 Å². The van der Waals surface area contributed by atoms with Gasteiger partial charge in [-0.1, -0.05) is 95.9 Å². The Balaban J connectivity index is 2.21. The van der Waals surface area contributed by atoms with Crippen LogP contribution in [0.2, 0.25) is 0 Å². The van der Waals surface area contributed by atoms with Gasteiger partial charge in [-0.2, -0.15) is 0 Å². The maximum absolute atomic E-state index is 12.0. The summed E-state index contributed by atoms with van der Waals surface area (Å²) in [7, 11) is 0. The van der Waals surface area contributed by atoms with Crippen LogP contribution in [-0.2, 0) is 23.8 Å². The fourth-order valence-electron chi connectivity index (χ4n) is 4.89. The van der Waals surface area contributed by atoms with Gasteiger partial charge >= 0.3 is 11.9 Å². The second-order valence-corrected chi connectivity index (χ2v) is 11.5. The molecule has 6 atom stereocenters. The van der Waals surface area contributed by atoms with Crippen molar-refractivity contribution in [2.75, 3.05) is 13.2 Å². The average molecular weight is 599 g/mol. The number of aliphatic hydroxyl groups excluding tert-OH is 4. The first-order chi connectivity index (χ1) is 20.3. The Bertz CT molecular complexity index is 754. The van der Waals surface area contributed by atoms with E-state index in [0.717, 1.165) is 38.5 Å². The molecule has 0 bridgehead atoms. The fourth-order valence-corrected chi connectivity index (χ4v) is 4.89. The van der Waals surface area contributed by atoms with Gasteiger partial charge in [0, 0.05) is 25.2 Å². The van der Waals surface area contributed by atoms with Crippen molar-refractivity contribution in [3.8, 4) is 0 Å². The van der Waals surface area contributed by atoms with E-state index in [4.69, 9.17) is 14.2 Å². The number of carbonyl (C=O) groups excluding carboxylic acids is 2. The Morgan fingerprint density at radius 2 is 1.43 bits per heavy atom. The molecule has 0 radical (unpaired) electrons. The Kier molecular flexibility index (Phi) is 22.4. The summed E-state index contributed by atoms with van der Waals surface area (Å²) in [5, 5.41) is 40.5. The Labute approximate surface area is 253 Å². The molecule has 1 saturated heterocycles. The van der Waals surface area contributed by atoms with Crippen LogP contribution in [0.15, 0.2) is 24.3 Å². The lowest BCUT2D eigenvalue weighted by Crippen LogP contribution is -2.43. The van der Waals surface area contributed by atoms with Gasteiger partial charge in [-0.3, -0.25) is 9.59 Å². The molecule has 1 heterocycles. The molecule has 0 spiro atoms. The molecule has 244 valence electrons. The van der Waals surface area contributed by atoms with Gasteiger partial charge in [0.15, 0.2) is 6.29 Å². The Hall–Kier alpha value is -1.78. The van der Waals surface area contributed by atoms with E-state index >= 15 is 0 Å². The van der Waals surface area contributed by atoms with Crippen LogP contribution in [0.3, 0.4) is 0 Å². The molecule has 9 heteroatoms. The zero-order chi connectivity index (χ0) is 31.0. The number of carbonyl (C=O) groups is 2. The molecule has 0 aromatic rings. The number of allylic oxidation sites excluding steroid dienone is 2. The minimum absolute atomic E-state index is 0.137. The van der Waals surface area contributed by atoms with Gasteiger partial charge in [0.2, 0.25) is 0 Å². The van der Waals surface area contributed by atoms with Crippen molar-refractivity contribution in [2.45, 2.75) is 154 Å². The van der Waals surface area contributed by atoms with Crippen LogP contribution in [0, 0.1) is 5.92 Å². The molecule has 9 nitrogen and oxygen atoms in total. The first-order valence-corrected chi connectivity index (χ1v) is 16.3. The highest BCUT2D eigenvalue weighted by Crippen LogP contribution is 2.29. The lowest BCUT2D eigenvalue weighted by Gasteiger charge is -2.36. The molecule has 1 rings (SSSR count). The third-order valence-electron chi connectivity index (χ3n) is 7.48. The van der Waals surface area contributed by atoms with Crippen LogP contribution in [-0.4, -0.2) is 76.3 Å². The van der Waals surface area contributed by atoms with E-state index in [1.165, 1.54) is 25.7 Å². The van der Waals surface area contributed by atoms with Gasteiger partial charge in [-0.25, -0.2) is 0 Å². The molecule has 42 heavy (non-hydrogen) atoms. The summed E-state index contributed by atoms with van der Waals surface area (Å²) in [5.41, 5.74) is 0. The molecular weight excluding hydrogens is 540 g/mol. The normalized spacial score (nSPS) is 22.4. The Morgan fingerprint density at radius 1 is 0.833 bits per heavy atom. The number of hydrogen-bond donors (Lipinski definition) is 4. The van der Waals surface area contributed by atoms with Crippen molar-refractivity contribution < 1.29 is 44.2 Å². The summed E-state index contributed by atoms with van der Waals surface area (Å²) in [6.45, 7) is 3.89. The summed E-state index contributed by atoms with van der Waals surface area (Å²) in [6.07, 6.45) is 17.3. The van der Waals surface area contributed by atoms with Crippen LogP contribution in [0.4, 0.5) is 0 Å². The van der Waals surface area contributed by atoms with E-state index < -0.39 is 36.7 Å². The highest BCUT2D eigenvalue weighted by Gasteiger charge is 2.35. The molecule has 1 fully saturated rings. The van der Waals surface area contributed by atoms with E-state index in [1.54, 1.807) is 12.2 Å². The quantitative estimate of drug-likeness (QED) is 0.0663. The Morgan fingerprint density at radius 3 is 2.10 bits per heavy atom. The molecule has 0 aliphatic carbocycles. The SMILES string of the molecule is CCCCCCCCCC(=O)OC[C@@H](O)COC(=O)CCC/C=C\C[C@H]1[C@@H](O)CC(O)O[C@@H]1/C=C/[C@@H](O)CCCCC. The van der Waals surface area contributed by atoms with Crippen molar-refractivity contribution in [1.29, 1.82) is 0 Å². The second-order valence-electron chi connectivity index (χ2n) is 11.5. The maximum atomic E-state index is 12.0. The van der Waals surface area contributed by atoms with Crippen LogP contribution < -0.4 is 0 Å². The lowest BCUT2D eigenvalue weighted by atomic mass is 9.87. The summed E-state index contributed by atoms with van der Waals surface area (Å²) in [4.78, 5) is 23.8. The van der Waals surface area contributed by atoms with Gasteiger partial charge < -0.3 is 34.6 Å². The topological polar surface area (TPSA) is 143 Å². The fraction of sp³-hybridized carbons (Fsp3) is 0.818. The molecule has 1 aliphatic rings. The summed E-state index contributed by atoms with van der Waals surface area (Å²) in [5.74, 6) is -1.02. The number of hydrogen-bond acceptors (Lipinski definition) is 9. The molecule has 1 unspecified atom stereocenters. The zero-order valence-electron chi connectivity index (χ0n) is 26.0. The van der Waals surface area contributed by atoms with Crippen LogP contribution in [0.5, 0.6) is 0 Å². The first-order valence-electron chi connectivity index (χ1n) is 16.3. The average Bonchev–Trinajstić information content (AvgIpc) is 2.96. The van der Waals surface area contributed by atoms with Crippen LogP contribution in [0.25, 0.3) is 0 Å². The number of rotatable bonds is 24.